The van der Waals surface area contributed by atoms with E-state index in [0.717, 1.165) is 37.7 Å². The van der Waals surface area contributed by atoms with Crippen molar-refractivity contribution >= 4 is 5.69 Å². The van der Waals surface area contributed by atoms with E-state index in [1.807, 2.05) is 12.1 Å². The maximum atomic E-state index is 10.6. The van der Waals surface area contributed by atoms with E-state index in [2.05, 4.69) is 6.92 Å². The number of rotatable bonds is 4. The number of nitro groups is 1. The average molecular weight is 263 g/mol. The first-order chi connectivity index (χ1) is 9.06. The fourth-order valence-corrected chi connectivity index (χ4v) is 2.93. The average Bonchev–Trinajstić information content (AvgIpc) is 2.40. The van der Waals surface area contributed by atoms with Gasteiger partial charge in [-0.2, -0.15) is 0 Å². The predicted molar refractivity (Wildman–Crippen MR) is 73.9 cm³/mol. The van der Waals surface area contributed by atoms with Crippen molar-refractivity contribution in [1.29, 1.82) is 0 Å². The summed E-state index contributed by atoms with van der Waals surface area (Å²) in [6, 6.07) is 6.73. The number of hydrogen-bond acceptors (Lipinski definition) is 3. The van der Waals surface area contributed by atoms with Gasteiger partial charge in [0.15, 0.2) is 0 Å². The van der Waals surface area contributed by atoms with Gasteiger partial charge in [-0.05, 0) is 49.5 Å². The molecule has 0 bridgehead atoms. The van der Waals surface area contributed by atoms with Crippen LogP contribution in [0.1, 0.15) is 38.2 Å². The van der Waals surface area contributed by atoms with Crippen LogP contribution in [0.3, 0.4) is 0 Å². The van der Waals surface area contributed by atoms with Gasteiger partial charge in [0.2, 0.25) is 0 Å². The summed E-state index contributed by atoms with van der Waals surface area (Å²) in [5.74, 6) is 1.07. The first-order valence-corrected chi connectivity index (χ1v) is 6.97. The lowest BCUT2D eigenvalue weighted by Crippen LogP contribution is -2.28. The lowest BCUT2D eigenvalue weighted by Gasteiger charge is -2.31. The van der Waals surface area contributed by atoms with E-state index in [9.17, 15) is 15.2 Å². The molecular formula is C15H21NO3. The Morgan fingerprint density at radius 2 is 2.00 bits per heavy atom. The molecule has 1 aliphatic carbocycles. The number of nitro benzene ring substituents is 1. The van der Waals surface area contributed by atoms with Gasteiger partial charge < -0.3 is 5.11 Å². The molecule has 4 heteroatoms. The molecular weight excluding hydrogens is 242 g/mol. The molecule has 0 amide bonds. The molecule has 1 aromatic carbocycles. The third-order valence-electron chi connectivity index (χ3n) is 4.16. The molecule has 0 spiro atoms. The summed E-state index contributed by atoms with van der Waals surface area (Å²) in [6.07, 6.45) is 4.79. The molecule has 4 nitrogen and oxygen atoms in total. The topological polar surface area (TPSA) is 63.4 Å². The minimum atomic E-state index is -0.379. The number of hydrogen-bond donors (Lipinski definition) is 1. The van der Waals surface area contributed by atoms with Gasteiger partial charge in [0.25, 0.3) is 5.69 Å². The number of benzene rings is 1. The van der Waals surface area contributed by atoms with Gasteiger partial charge in [-0.3, -0.25) is 10.1 Å². The Morgan fingerprint density at radius 3 is 2.63 bits per heavy atom. The monoisotopic (exact) mass is 263 g/mol. The molecule has 2 rings (SSSR count). The van der Waals surface area contributed by atoms with Crippen LogP contribution in [0.15, 0.2) is 24.3 Å². The van der Waals surface area contributed by atoms with Crippen LogP contribution in [0.5, 0.6) is 0 Å². The van der Waals surface area contributed by atoms with Crippen LogP contribution < -0.4 is 0 Å². The number of aryl methyl sites for hydroxylation is 1. The molecule has 3 unspecified atom stereocenters. The van der Waals surface area contributed by atoms with Crippen molar-refractivity contribution in [1.82, 2.24) is 0 Å². The molecule has 0 aromatic heterocycles. The largest absolute Gasteiger partial charge is 0.393 e. The Kier molecular flexibility index (Phi) is 4.53. The molecule has 19 heavy (non-hydrogen) atoms. The van der Waals surface area contributed by atoms with Crippen molar-refractivity contribution in [2.24, 2.45) is 11.8 Å². The summed E-state index contributed by atoms with van der Waals surface area (Å²) in [4.78, 5) is 10.2. The molecule has 1 N–H and O–H groups in total. The van der Waals surface area contributed by atoms with Crippen LogP contribution in [0.2, 0.25) is 0 Å². The number of nitrogens with zero attached hydrogens (tertiary/aromatic N) is 1. The molecule has 1 fully saturated rings. The first kappa shape index (κ1) is 14.0. The zero-order valence-corrected chi connectivity index (χ0v) is 11.3. The van der Waals surface area contributed by atoms with E-state index >= 15 is 0 Å². The zero-order chi connectivity index (χ0) is 13.8. The normalized spacial score (nSPS) is 27.2. The maximum absolute atomic E-state index is 10.6. The standard InChI is InChI=1S/C15H21NO3/c1-11-2-9-15(17)13(10-11)6-3-12-4-7-14(8-5-12)16(18)19/h4-5,7-8,11,13,15,17H,2-3,6,9-10H2,1H3. The Hall–Kier alpha value is -1.42. The quantitative estimate of drug-likeness (QED) is 0.669. The van der Waals surface area contributed by atoms with E-state index < -0.39 is 0 Å². The van der Waals surface area contributed by atoms with Crippen molar-refractivity contribution in [2.45, 2.75) is 45.1 Å². The summed E-state index contributed by atoms with van der Waals surface area (Å²) in [6.45, 7) is 2.24. The lowest BCUT2D eigenvalue weighted by molar-refractivity contribution is -0.384. The maximum Gasteiger partial charge on any atom is 0.269 e. The molecule has 0 aliphatic heterocycles. The van der Waals surface area contributed by atoms with E-state index in [1.54, 1.807) is 12.1 Å². The fraction of sp³-hybridized carbons (Fsp3) is 0.600. The van der Waals surface area contributed by atoms with Crippen molar-refractivity contribution in [2.75, 3.05) is 0 Å². The van der Waals surface area contributed by atoms with Crippen molar-refractivity contribution in [3.05, 3.63) is 39.9 Å². The molecule has 0 saturated heterocycles. The third-order valence-corrected chi connectivity index (χ3v) is 4.16. The van der Waals surface area contributed by atoms with E-state index in [0.29, 0.717) is 11.8 Å². The minimum Gasteiger partial charge on any atom is -0.393 e. The first-order valence-electron chi connectivity index (χ1n) is 6.97. The highest BCUT2D eigenvalue weighted by Gasteiger charge is 2.26. The predicted octanol–water partition coefficient (Wildman–Crippen LogP) is 3.32. The van der Waals surface area contributed by atoms with Crippen LogP contribution in [0.4, 0.5) is 5.69 Å². The van der Waals surface area contributed by atoms with E-state index in [1.165, 1.54) is 0 Å². The van der Waals surface area contributed by atoms with Crippen LogP contribution in [0, 0.1) is 22.0 Å². The summed E-state index contributed by atoms with van der Waals surface area (Å²) in [5.41, 5.74) is 1.24. The molecule has 0 heterocycles. The lowest BCUT2D eigenvalue weighted by atomic mass is 9.78. The Labute approximate surface area is 113 Å². The van der Waals surface area contributed by atoms with Gasteiger partial charge in [-0.15, -0.1) is 0 Å². The second-order valence-corrected chi connectivity index (χ2v) is 5.71. The van der Waals surface area contributed by atoms with Crippen molar-refractivity contribution < 1.29 is 10.0 Å². The van der Waals surface area contributed by atoms with E-state index in [4.69, 9.17) is 0 Å². The van der Waals surface area contributed by atoms with E-state index in [-0.39, 0.29) is 16.7 Å². The number of aliphatic hydroxyl groups excluding tert-OH is 1. The molecule has 104 valence electrons. The highest BCUT2D eigenvalue weighted by molar-refractivity contribution is 5.32. The molecule has 1 aromatic rings. The van der Waals surface area contributed by atoms with Gasteiger partial charge >= 0.3 is 0 Å². The van der Waals surface area contributed by atoms with Gasteiger partial charge in [-0.25, -0.2) is 0 Å². The fourth-order valence-electron chi connectivity index (χ4n) is 2.93. The number of aliphatic hydroxyl groups is 1. The molecule has 1 saturated carbocycles. The second-order valence-electron chi connectivity index (χ2n) is 5.71. The van der Waals surface area contributed by atoms with Gasteiger partial charge in [0.1, 0.15) is 0 Å². The highest BCUT2D eigenvalue weighted by atomic mass is 16.6. The molecule has 0 radical (unpaired) electrons. The van der Waals surface area contributed by atoms with Crippen LogP contribution in [-0.2, 0) is 6.42 Å². The van der Waals surface area contributed by atoms with Crippen molar-refractivity contribution in [3.8, 4) is 0 Å². The minimum absolute atomic E-state index is 0.134. The van der Waals surface area contributed by atoms with Crippen molar-refractivity contribution in [3.63, 3.8) is 0 Å². The van der Waals surface area contributed by atoms with Gasteiger partial charge in [0, 0.05) is 12.1 Å². The molecule has 1 aliphatic rings. The SMILES string of the molecule is CC1CCC(O)C(CCc2ccc([N+](=O)[O-])cc2)C1. The highest BCUT2D eigenvalue weighted by Crippen LogP contribution is 2.32. The summed E-state index contributed by atoms with van der Waals surface area (Å²) in [5, 5.41) is 20.6. The smallest absolute Gasteiger partial charge is 0.269 e. The summed E-state index contributed by atoms with van der Waals surface area (Å²) < 4.78 is 0. The number of non-ortho nitro benzene ring substituents is 1. The zero-order valence-electron chi connectivity index (χ0n) is 11.3. The third kappa shape index (κ3) is 3.77. The van der Waals surface area contributed by atoms with Crippen LogP contribution in [0.25, 0.3) is 0 Å². The van der Waals surface area contributed by atoms with Crippen LogP contribution in [-0.4, -0.2) is 16.1 Å². The van der Waals surface area contributed by atoms with Gasteiger partial charge in [0.05, 0.1) is 11.0 Å². The Balaban J connectivity index is 1.89. The van der Waals surface area contributed by atoms with Crippen LogP contribution >= 0.6 is 0 Å². The molecule has 3 atom stereocenters. The Bertz CT molecular complexity index is 430. The Morgan fingerprint density at radius 1 is 1.32 bits per heavy atom. The second kappa shape index (κ2) is 6.15. The summed E-state index contributed by atoms with van der Waals surface area (Å²) in [7, 11) is 0. The summed E-state index contributed by atoms with van der Waals surface area (Å²) >= 11 is 0. The van der Waals surface area contributed by atoms with Gasteiger partial charge in [-0.1, -0.05) is 19.1 Å².